The molecule has 10 heteroatoms. The van der Waals surface area contributed by atoms with Crippen molar-refractivity contribution in [2.24, 2.45) is 0 Å². The molecule has 2 aromatic rings. The summed E-state index contributed by atoms with van der Waals surface area (Å²) < 4.78 is 46.3. The number of anilines is 1. The lowest BCUT2D eigenvalue weighted by atomic mass is 10.2. The second-order valence-corrected chi connectivity index (χ2v) is 9.38. The molecule has 1 aliphatic heterocycles. The molecule has 0 bridgehead atoms. The summed E-state index contributed by atoms with van der Waals surface area (Å²) in [7, 11) is -4.09. The van der Waals surface area contributed by atoms with Gasteiger partial charge < -0.3 is 9.64 Å². The Hall–Kier alpha value is -3.29. The van der Waals surface area contributed by atoms with Crippen LogP contribution in [-0.4, -0.2) is 50.8 Å². The monoisotopic (exact) mass is 473 g/mol. The number of nitriles is 1. The molecule has 1 saturated heterocycles. The summed E-state index contributed by atoms with van der Waals surface area (Å²) >= 11 is 0. The van der Waals surface area contributed by atoms with Crippen LogP contribution in [0.3, 0.4) is 0 Å². The molecule has 2 aromatic carbocycles. The highest BCUT2D eigenvalue weighted by atomic mass is 32.2. The number of carbonyl (C=O) groups excluding carboxylic acids is 2. The molecule has 0 radical (unpaired) electrons. The van der Waals surface area contributed by atoms with E-state index < -0.39 is 39.2 Å². The minimum absolute atomic E-state index is 0.0876. The number of carbonyl (C=O) groups is 2. The number of ether oxygens (including phenoxy) is 1. The van der Waals surface area contributed by atoms with Crippen molar-refractivity contribution in [2.45, 2.75) is 30.6 Å². The molecule has 174 valence electrons. The number of esters is 1. The molecule has 0 unspecified atom stereocenters. The fourth-order valence-corrected chi connectivity index (χ4v) is 5.14. The first-order valence-electron chi connectivity index (χ1n) is 10.5. The van der Waals surface area contributed by atoms with Gasteiger partial charge in [0, 0.05) is 25.3 Å². The SMILES string of the molecule is N#CCCN(C(=O)COC(=O)c1ccc(F)c(S(=O)(=O)N2CCCCC2)c1)c1ccccc1. The van der Waals surface area contributed by atoms with Gasteiger partial charge in [0.25, 0.3) is 5.91 Å². The van der Waals surface area contributed by atoms with E-state index in [1.165, 1.54) is 9.21 Å². The molecule has 3 rings (SSSR count). The highest BCUT2D eigenvalue weighted by molar-refractivity contribution is 7.89. The van der Waals surface area contributed by atoms with Gasteiger partial charge in [-0.25, -0.2) is 17.6 Å². The minimum atomic E-state index is -4.09. The zero-order valence-corrected chi connectivity index (χ0v) is 18.8. The van der Waals surface area contributed by atoms with Crippen LogP contribution in [0.5, 0.6) is 0 Å². The normalized spacial score (nSPS) is 14.3. The average Bonchev–Trinajstić information content (AvgIpc) is 2.84. The summed E-state index contributed by atoms with van der Waals surface area (Å²) in [4.78, 5) is 25.9. The number of rotatable bonds is 8. The summed E-state index contributed by atoms with van der Waals surface area (Å²) in [5.74, 6) is -2.46. The van der Waals surface area contributed by atoms with Gasteiger partial charge in [-0.05, 0) is 43.2 Å². The zero-order valence-electron chi connectivity index (χ0n) is 17.9. The van der Waals surface area contributed by atoms with Crippen LogP contribution in [0, 0.1) is 17.1 Å². The van der Waals surface area contributed by atoms with Crippen molar-refractivity contribution in [2.75, 3.05) is 31.1 Å². The van der Waals surface area contributed by atoms with Crippen LogP contribution >= 0.6 is 0 Å². The molecular formula is C23H24FN3O5S. The van der Waals surface area contributed by atoms with E-state index in [4.69, 9.17) is 10.00 Å². The van der Waals surface area contributed by atoms with Gasteiger partial charge in [0.2, 0.25) is 10.0 Å². The first-order valence-corrected chi connectivity index (χ1v) is 12.0. The van der Waals surface area contributed by atoms with E-state index in [2.05, 4.69) is 0 Å². The van der Waals surface area contributed by atoms with Crippen molar-refractivity contribution in [3.8, 4) is 6.07 Å². The van der Waals surface area contributed by atoms with Crippen molar-refractivity contribution >= 4 is 27.6 Å². The van der Waals surface area contributed by atoms with Gasteiger partial charge in [-0.1, -0.05) is 24.6 Å². The number of sulfonamides is 1. The standard InChI is InChI=1S/C23H24FN3O5S/c24-20-11-10-18(16-21(20)33(30,31)26-13-5-2-6-14-26)23(29)32-17-22(28)27(15-7-12-25)19-8-3-1-4-9-19/h1,3-4,8-11,16H,2,5-7,13-15,17H2. The molecule has 33 heavy (non-hydrogen) atoms. The Labute approximate surface area is 192 Å². The Balaban J connectivity index is 1.73. The summed E-state index contributed by atoms with van der Waals surface area (Å²) in [5, 5.41) is 8.86. The van der Waals surface area contributed by atoms with Crippen LogP contribution < -0.4 is 4.90 Å². The van der Waals surface area contributed by atoms with Crippen molar-refractivity contribution in [1.29, 1.82) is 5.26 Å². The molecule has 0 spiro atoms. The lowest BCUT2D eigenvalue weighted by Crippen LogP contribution is -2.36. The van der Waals surface area contributed by atoms with Crippen LogP contribution in [0.2, 0.25) is 0 Å². The van der Waals surface area contributed by atoms with Crippen LogP contribution in [0.25, 0.3) is 0 Å². The molecule has 1 aliphatic rings. The number of hydrogen-bond acceptors (Lipinski definition) is 6. The molecule has 0 saturated carbocycles. The molecule has 0 N–H and O–H groups in total. The Bertz CT molecular complexity index is 1140. The first-order chi connectivity index (χ1) is 15.8. The summed E-state index contributed by atoms with van der Waals surface area (Å²) in [5.41, 5.74) is 0.369. The number of para-hydroxylation sites is 1. The van der Waals surface area contributed by atoms with Gasteiger partial charge in [0.05, 0.1) is 18.1 Å². The van der Waals surface area contributed by atoms with E-state index in [0.717, 1.165) is 24.6 Å². The number of piperidine rings is 1. The lowest BCUT2D eigenvalue weighted by molar-refractivity contribution is -0.121. The molecule has 1 fully saturated rings. The maximum atomic E-state index is 14.4. The maximum Gasteiger partial charge on any atom is 0.338 e. The summed E-state index contributed by atoms with van der Waals surface area (Å²) in [6.45, 7) is 0.0857. The molecule has 1 amide bonds. The molecule has 8 nitrogen and oxygen atoms in total. The van der Waals surface area contributed by atoms with Gasteiger partial charge in [0.1, 0.15) is 10.7 Å². The fourth-order valence-electron chi connectivity index (χ4n) is 3.53. The van der Waals surface area contributed by atoms with Gasteiger partial charge in [-0.3, -0.25) is 4.79 Å². The van der Waals surface area contributed by atoms with Gasteiger partial charge in [-0.2, -0.15) is 9.57 Å². The second kappa shape index (κ2) is 11.0. The van der Waals surface area contributed by atoms with E-state index in [9.17, 15) is 22.4 Å². The van der Waals surface area contributed by atoms with Crippen molar-refractivity contribution in [3.05, 3.63) is 59.9 Å². The van der Waals surface area contributed by atoms with E-state index >= 15 is 0 Å². The second-order valence-electron chi connectivity index (χ2n) is 7.48. The van der Waals surface area contributed by atoms with Crippen molar-refractivity contribution < 1.29 is 27.1 Å². The van der Waals surface area contributed by atoms with Crippen LogP contribution in [0.4, 0.5) is 10.1 Å². The number of benzene rings is 2. The largest absolute Gasteiger partial charge is 0.452 e. The number of halogens is 1. The smallest absolute Gasteiger partial charge is 0.338 e. The van der Waals surface area contributed by atoms with Crippen molar-refractivity contribution in [1.82, 2.24) is 4.31 Å². The Morgan fingerprint density at radius 3 is 2.45 bits per heavy atom. The Morgan fingerprint density at radius 1 is 1.09 bits per heavy atom. The molecule has 0 aromatic heterocycles. The Morgan fingerprint density at radius 2 is 1.79 bits per heavy atom. The minimum Gasteiger partial charge on any atom is -0.452 e. The number of hydrogen-bond donors (Lipinski definition) is 0. The third-order valence-electron chi connectivity index (χ3n) is 5.24. The highest BCUT2D eigenvalue weighted by Crippen LogP contribution is 2.24. The molecule has 0 aliphatic carbocycles. The van der Waals surface area contributed by atoms with E-state index in [1.807, 2.05) is 6.07 Å². The average molecular weight is 474 g/mol. The Kier molecular flexibility index (Phi) is 8.14. The van der Waals surface area contributed by atoms with E-state index in [1.54, 1.807) is 30.3 Å². The highest BCUT2D eigenvalue weighted by Gasteiger charge is 2.30. The predicted molar refractivity (Wildman–Crippen MR) is 118 cm³/mol. The van der Waals surface area contributed by atoms with Crippen LogP contribution in [0.15, 0.2) is 53.4 Å². The summed E-state index contributed by atoms with van der Waals surface area (Å²) in [6.07, 6.45) is 2.37. The fraction of sp³-hybridized carbons (Fsp3) is 0.348. The van der Waals surface area contributed by atoms with Crippen molar-refractivity contribution in [3.63, 3.8) is 0 Å². The summed E-state index contributed by atoms with van der Waals surface area (Å²) in [6, 6.07) is 13.5. The number of nitrogens with zero attached hydrogens (tertiary/aromatic N) is 3. The topological polar surface area (TPSA) is 108 Å². The van der Waals surface area contributed by atoms with Crippen LogP contribution in [0.1, 0.15) is 36.0 Å². The predicted octanol–water partition coefficient (Wildman–Crippen LogP) is 3.10. The quantitative estimate of drug-likeness (QED) is 0.545. The first kappa shape index (κ1) is 24.4. The number of amides is 1. The van der Waals surface area contributed by atoms with Gasteiger partial charge in [-0.15, -0.1) is 0 Å². The lowest BCUT2D eigenvalue weighted by Gasteiger charge is -2.26. The maximum absolute atomic E-state index is 14.4. The zero-order chi connectivity index (χ0) is 23.8. The molecule has 1 heterocycles. The van der Waals surface area contributed by atoms with E-state index in [0.29, 0.717) is 31.6 Å². The van der Waals surface area contributed by atoms with Gasteiger partial charge >= 0.3 is 5.97 Å². The third-order valence-corrected chi connectivity index (χ3v) is 7.16. The molecule has 0 atom stereocenters. The molecular weight excluding hydrogens is 449 g/mol. The van der Waals surface area contributed by atoms with E-state index in [-0.39, 0.29) is 18.5 Å². The van der Waals surface area contributed by atoms with Crippen LogP contribution in [-0.2, 0) is 19.6 Å². The van der Waals surface area contributed by atoms with Gasteiger partial charge in [0.15, 0.2) is 6.61 Å². The third kappa shape index (κ3) is 5.94.